The van der Waals surface area contributed by atoms with Gasteiger partial charge in [0.25, 0.3) is 0 Å². The summed E-state index contributed by atoms with van der Waals surface area (Å²) < 4.78 is 0. The first kappa shape index (κ1) is 31.2. The molecule has 1 aliphatic carbocycles. The maximum Gasteiger partial charge on any atom is -0.00137 e. The Balaban J connectivity index is 1.19. The molecule has 1 aliphatic rings. The zero-order chi connectivity index (χ0) is 37.7. The molecular weight excluding hydrogens is 673 g/mol. The van der Waals surface area contributed by atoms with Crippen molar-refractivity contribution >= 4 is 108 Å². The molecule has 0 radical (unpaired) electrons. The quantitative estimate of drug-likeness (QED) is 0.124. The molecule has 12 aromatic rings. The Morgan fingerprint density at radius 3 is 1.27 bits per heavy atom. The smallest absolute Gasteiger partial charge is 0.00137 e. The van der Waals surface area contributed by atoms with Gasteiger partial charge in [-0.05, 0) is 182 Å². The van der Waals surface area contributed by atoms with E-state index < -0.39 is 0 Å². The zero-order valence-corrected chi connectivity index (χ0v) is 33.1. The van der Waals surface area contributed by atoms with E-state index >= 15 is 0 Å². The third-order valence-electron chi connectivity index (χ3n) is 14.1. The van der Waals surface area contributed by atoms with Crippen molar-refractivity contribution in [2.75, 3.05) is 0 Å². The van der Waals surface area contributed by atoms with Crippen molar-refractivity contribution in [3.8, 4) is 22.3 Å². The van der Waals surface area contributed by atoms with E-state index in [2.05, 4.69) is 164 Å². The molecule has 0 saturated carbocycles. The van der Waals surface area contributed by atoms with Crippen LogP contribution in [0, 0.1) is 0 Å². The van der Waals surface area contributed by atoms with Crippen LogP contribution in [0.2, 0.25) is 0 Å². The minimum atomic E-state index is 0.101. The van der Waals surface area contributed by atoms with E-state index in [9.17, 15) is 0 Å². The average molecular weight is 715 g/mol. The Hall–Kier alpha value is -5.98. The molecule has 0 heteroatoms. The van der Waals surface area contributed by atoms with Gasteiger partial charge in [-0.1, -0.05) is 146 Å². The van der Waals surface area contributed by atoms with Crippen molar-refractivity contribution < 1.29 is 0 Å². The van der Waals surface area contributed by atoms with Gasteiger partial charge in [-0.3, -0.25) is 0 Å². The van der Waals surface area contributed by atoms with Crippen LogP contribution in [0.25, 0.3) is 130 Å². The summed E-state index contributed by atoms with van der Waals surface area (Å²) >= 11 is 0. The van der Waals surface area contributed by atoms with Gasteiger partial charge >= 0.3 is 0 Å². The molecule has 0 bridgehead atoms. The lowest BCUT2D eigenvalue weighted by atomic mass is 9.83. The molecule has 0 atom stereocenters. The van der Waals surface area contributed by atoms with E-state index in [1.807, 2.05) is 0 Å². The summed E-state index contributed by atoms with van der Waals surface area (Å²) in [5.41, 5.74) is 9.98. The highest BCUT2D eigenvalue weighted by Crippen LogP contribution is 2.56. The van der Waals surface area contributed by atoms with Gasteiger partial charge in [0.2, 0.25) is 0 Å². The summed E-state index contributed by atoms with van der Waals surface area (Å²) in [6.45, 7) is 16.6. The number of fused-ring (bicyclic) bond motifs is 12. The van der Waals surface area contributed by atoms with Crippen LogP contribution in [0.5, 0.6) is 0 Å². The summed E-state index contributed by atoms with van der Waals surface area (Å²) in [4.78, 5) is 0. The number of rotatable bonds is 2. The largest absolute Gasteiger partial charge is 0.0610 e. The molecule has 0 spiro atoms. The summed E-state index contributed by atoms with van der Waals surface area (Å²) in [7, 11) is 0. The van der Waals surface area contributed by atoms with Gasteiger partial charge < -0.3 is 0 Å². The molecule has 0 aliphatic heterocycles. The van der Waals surface area contributed by atoms with E-state index in [1.54, 1.807) is 0 Å². The maximum atomic E-state index is 2.57. The molecule has 0 N–H and O–H groups in total. The van der Waals surface area contributed by atoms with Crippen LogP contribution >= 0.6 is 0 Å². The second kappa shape index (κ2) is 10.1. The lowest BCUT2D eigenvalue weighted by molar-refractivity contribution is 0.590. The highest BCUT2D eigenvalue weighted by molar-refractivity contribution is 6.45. The van der Waals surface area contributed by atoms with Gasteiger partial charge in [-0.15, -0.1) is 0 Å². The Kier molecular flexibility index (Phi) is 5.61. The van der Waals surface area contributed by atoms with Gasteiger partial charge in [-0.25, -0.2) is 0 Å². The van der Waals surface area contributed by atoms with Crippen molar-refractivity contribution in [1.29, 1.82) is 0 Å². The summed E-state index contributed by atoms with van der Waals surface area (Å²) in [5.74, 6) is 0.713. The molecule has 0 saturated heterocycles. The van der Waals surface area contributed by atoms with E-state index in [0.29, 0.717) is 11.8 Å². The van der Waals surface area contributed by atoms with Crippen LogP contribution in [0.4, 0.5) is 0 Å². The van der Waals surface area contributed by atoms with Crippen LogP contribution in [-0.2, 0) is 5.41 Å². The Labute approximate surface area is 326 Å². The third-order valence-corrected chi connectivity index (χ3v) is 14.1. The number of hydrogen-bond acceptors (Lipinski definition) is 0. The van der Waals surface area contributed by atoms with E-state index in [-0.39, 0.29) is 5.41 Å². The SMILES string of the molecule is CC(C)c1c2cc3c(cc2c(C(C)C)c2c4ccc5c6ccc7c8c(ccc(c9ccc(c12)c4c95)c86)-c1ccc(C(C)(C)C)cc1-7)c1cccc2cccc3c21. The minimum Gasteiger partial charge on any atom is -0.0610 e. The minimum absolute atomic E-state index is 0.101. The van der Waals surface area contributed by atoms with Crippen molar-refractivity contribution in [3.63, 3.8) is 0 Å². The Morgan fingerprint density at radius 2 is 0.750 bits per heavy atom. The first-order valence-corrected chi connectivity index (χ1v) is 20.7. The Bertz CT molecular complexity index is 3550. The molecule has 0 heterocycles. The van der Waals surface area contributed by atoms with E-state index in [0.717, 1.165) is 0 Å². The van der Waals surface area contributed by atoms with Crippen LogP contribution in [0.15, 0.2) is 115 Å². The fourth-order valence-electron chi connectivity index (χ4n) is 11.8. The first-order chi connectivity index (χ1) is 27.1. The average Bonchev–Trinajstić information content (AvgIpc) is 3.81. The summed E-state index contributed by atoms with van der Waals surface area (Å²) in [6.07, 6.45) is 0. The fraction of sp³-hybridized carbons (Fsp3) is 0.179. The van der Waals surface area contributed by atoms with Gasteiger partial charge in [0.15, 0.2) is 0 Å². The monoisotopic (exact) mass is 714 g/mol. The number of hydrogen-bond donors (Lipinski definition) is 0. The van der Waals surface area contributed by atoms with Crippen molar-refractivity contribution in [2.45, 2.75) is 65.7 Å². The van der Waals surface area contributed by atoms with Crippen LogP contribution in [-0.4, -0.2) is 0 Å². The molecule has 12 aromatic carbocycles. The predicted molar refractivity (Wildman–Crippen MR) is 246 cm³/mol. The van der Waals surface area contributed by atoms with E-state index in [4.69, 9.17) is 0 Å². The van der Waals surface area contributed by atoms with Gasteiger partial charge in [0, 0.05) is 0 Å². The lowest BCUT2D eigenvalue weighted by Crippen LogP contribution is -2.10. The fourth-order valence-corrected chi connectivity index (χ4v) is 11.8. The van der Waals surface area contributed by atoms with Crippen molar-refractivity contribution in [2.24, 2.45) is 0 Å². The van der Waals surface area contributed by atoms with Gasteiger partial charge in [-0.2, -0.15) is 0 Å². The molecular formula is C56H42. The highest BCUT2D eigenvalue weighted by atomic mass is 14.3. The van der Waals surface area contributed by atoms with Crippen LogP contribution in [0.1, 0.15) is 77.0 Å². The number of benzene rings is 10. The lowest BCUT2D eigenvalue weighted by Gasteiger charge is -2.20. The molecule has 13 rings (SSSR count). The molecule has 0 unspecified atom stereocenters. The van der Waals surface area contributed by atoms with Crippen LogP contribution in [0.3, 0.4) is 0 Å². The topological polar surface area (TPSA) is 0 Å². The first-order valence-electron chi connectivity index (χ1n) is 20.7. The third kappa shape index (κ3) is 3.55. The second-order valence-electron chi connectivity index (χ2n) is 18.7. The predicted octanol–water partition coefficient (Wildman–Crippen LogP) is 16.7. The molecule has 0 amide bonds. The molecule has 266 valence electrons. The standard InChI is InChI=1S/C56H42/c1-27(2)47-45-25-43-32-12-8-10-29-11-9-13-33(49(29)32)44(43)26-46(45)48(28(3)4)55-41-23-21-38-36-18-19-39-42-24-30(56(5,6)7)14-15-31(42)34-16-17-35(51(36)50(34)39)37-20-22-40(54(47)55)53(41)52(37)38/h8-28H,1-7H3. The maximum absolute atomic E-state index is 2.57. The Morgan fingerprint density at radius 1 is 0.321 bits per heavy atom. The summed E-state index contributed by atoms with van der Waals surface area (Å²) in [6, 6.07) is 45.6. The zero-order valence-electron chi connectivity index (χ0n) is 33.1. The molecule has 0 fully saturated rings. The van der Waals surface area contributed by atoms with Crippen molar-refractivity contribution in [3.05, 3.63) is 132 Å². The normalized spacial score (nSPS) is 13.6. The highest BCUT2D eigenvalue weighted by Gasteiger charge is 2.30. The van der Waals surface area contributed by atoms with Gasteiger partial charge in [0.1, 0.15) is 0 Å². The second-order valence-corrected chi connectivity index (χ2v) is 18.7. The van der Waals surface area contributed by atoms with Crippen molar-refractivity contribution in [1.82, 2.24) is 0 Å². The van der Waals surface area contributed by atoms with Crippen LogP contribution < -0.4 is 0 Å². The molecule has 0 nitrogen and oxygen atoms in total. The van der Waals surface area contributed by atoms with E-state index in [1.165, 1.54) is 147 Å². The summed E-state index contributed by atoms with van der Waals surface area (Å²) in [5, 5.41) is 28.0. The van der Waals surface area contributed by atoms with Gasteiger partial charge in [0.05, 0.1) is 0 Å². The molecule has 0 aromatic heterocycles. The molecule has 56 heavy (non-hydrogen) atoms.